The van der Waals surface area contributed by atoms with E-state index in [0.717, 1.165) is 0 Å². The van der Waals surface area contributed by atoms with E-state index in [1.165, 1.54) is 18.4 Å². The molecule has 0 aromatic carbocycles. The van der Waals surface area contributed by atoms with Crippen molar-refractivity contribution in [3.05, 3.63) is 18.4 Å². The van der Waals surface area contributed by atoms with Gasteiger partial charge in [-0.3, -0.25) is 0 Å². The van der Waals surface area contributed by atoms with Crippen molar-refractivity contribution < 1.29 is 28.8 Å². The van der Waals surface area contributed by atoms with E-state index in [9.17, 15) is 14.4 Å². The van der Waals surface area contributed by atoms with Crippen LogP contribution in [0.25, 0.3) is 0 Å². The van der Waals surface area contributed by atoms with Gasteiger partial charge >= 0.3 is 37.7 Å². The van der Waals surface area contributed by atoms with E-state index in [2.05, 4.69) is 8.94 Å². The Morgan fingerprint density at radius 1 is 1.50 bits per heavy atom. The van der Waals surface area contributed by atoms with E-state index in [4.69, 9.17) is 0 Å². The van der Waals surface area contributed by atoms with Crippen molar-refractivity contribution in [2.75, 3.05) is 0 Å². The van der Waals surface area contributed by atoms with Crippen molar-refractivity contribution in [1.82, 2.24) is 0 Å². The first-order valence-corrected chi connectivity index (χ1v) is 3.79. The second-order valence-corrected chi connectivity index (χ2v) is 2.55. The maximum absolute atomic E-state index is 9.89. The van der Waals surface area contributed by atoms with E-state index in [1.807, 2.05) is 0 Å². The number of phosphoric ester groups is 1. The fourth-order valence-electron chi connectivity index (χ4n) is 0.426. The normalized spacial score (nSPS) is 9.50. The summed E-state index contributed by atoms with van der Waals surface area (Å²) < 4.78 is 18.1. The molecule has 6 nitrogen and oxygen atoms in total. The van der Waals surface area contributed by atoms with Gasteiger partial charge in [0.25, 0.3) is 5.95 Å². The molecule has 0 radical (unpaired) electrons. The van der Waals surface area contributed by atoms with Crippen LogP contribution in [0.3, 0.4) is 0 Å². The van der Waals surface area contributed by atoms with Crippen LogP contribution in [0.4, 0.5) is 0 Å². The second kappa shape index (κ2) is 5.99. The van der Waals surface area contributed by atoms with Gasteiger partial charge in [0.1, 0.15) is 7.82 Å². The van der Waals surface area contributed by atoms with Crippen molar-refractivity contribution in [1.29, 1.82) is 0 Å². The summed E-state index contributed by atoms with van der Waals surface area (Å²) in [7, 11) is -4.95. The van der Waals surface area contributed by atoms with Crippen LogP contribution in [0.1, 0.15) is 0 Å². The van der Waals surface area contributed by atoms with Crippen LogP contribution in [0.2, 0.25) is 0 Å². The van der Waals surface area contributed by atoms with E-state index in [1.54, 1.807) is 0 Å². The van der Waals surface area contributed by atoms with Crippen molar-refractivity contribution in [2.45, 2.75) is 0 Å². The first-order valence-electron chi connectivity index (χ1n) is 2.33. The Morgan fingerprint density at radius 3 is 2.42 bits per heavy atom. The third-order valence-corrected chi connectivity index (χ3v) is 1.10. The van der Waals surface area contributed by atoms with E-state index in [-0.39, 0.29) is 49.2 Å². The molecule has 1 rings (SSSR count). The molecule has 1 aromatic rings. The quantitative estimate of drug-likeness (QED) is 0.434. The van der Waals surface area contributed by atoms with Gasteiger partial charge in [0.15, 0.2) is 0 Å². The number of hydrogen-bond donors (Lipinski definition) is 0. The van der Waals surface area contributed by atoms with Gasteiger partial charge in [-0.2, -0.15) is 0 Å². The fourth-order valence-corrected chi connectivity index (χ4v) is 0.750. The standard InChI is InChI=1S/C4H5O5P.Ca.H2O/c5-10(6,7)9-4-2-1-3-8-4;;/h1-3H,(H2,5,6,7);;1H2/q;+2;/p-2. The zero-order valence-corrected chi connectivity index (χ0v) is 9.03. The Labute approximate surface area is 98.1 Å². The Balaban J connectivity index is 0. The molecule has 0 saturated heterocycles. The first-order chi connectivity index (χ1) is 4.58. The van der Waals surface area contributed by atoms with Crippen LogP contribution in [-0.4, -0.2) is 43.2 Å². The Morgan fingerprint density at radius 2 is 2.08 bits per heavy atom. The molecule has 0 spiro atoms. The van der Waals surface area contributed by atoms with Crippen LogP contribution >= 0.6 is 7.82 Å². The Hall–Kier alpha value is 0.450. The van der Waals surface area contributed by atoms with Crippen LogP contribution in [0.15, 0.2) is 22.8 Å². The van der Waals surface area contributed by atoms with Gasteiger partial charge < -0.3 is 28.8 Å². The number of furan rings is 1. The average molecular weight is 220 g/mol. The second-order valence-electron chi connectivity index (χ2n) is 1.47. The topological polar surface area (TPSA) is 117 Å². The van der Waals surface area contributed by atoms with Gasteiger partial charge in [-0.25, -0.2) is 0 Å². The smallest absolute Gasteiger partial charge is 0.780 e. The average Bonchev–Trinajstić information content (AvgIpc) is 2.12. The van der Waals surface area contributed by atoms with Gasteiger partial charge in [-0.15, -0.1) is 0 Å². The number of hydrogen-bond acceptors (Lipinski definition) is 5. The van der Waals surface area contributed by atoms with Gasteiger partial charge in [-0.05, 0) is 6.07 Å². The number of rotatable bonds is 2. The molecule has 0 atom stereocenters. The molecular formula is C4H5CaO6P. The third-order valence-electron chi connectivity index (χ3n) is 0.697. The van der Waals surface area contributed by atoms with Crippen molar-refractivity contribution >= 4 is 45.6 Å². The van der Waals surface area contributed by atoms with E-state index < -0.39 is 7.82 Å². The van der Waals surface area contributed by atoms with Crippen LogP contribution in [0, 0.1) is 0 Å². The summed E-state index contributed by atoms with van der Waals surface area (Å²) in [6.45, 7) is 0. The minimum atomic E-state index is -4.95. The van der Waals surface area contributed by atoms with Crippen molar-refractivity contribution in [2.24, 2.45) is 0 Å². The van der Waals surface area contributed by atoms with Crippen LogP contribution in [0.5, 0.6) is 5.95 Å². The molecule has 0 aliphatic rings. The molecule has 0 unspecified atom stereocenters. The molecule has 0 amide bonds. The summed E-state index contributed by atoms with van der Waals surface area (Å²) in [5.74, 6) is -0.312. The summed E-state index contributed by atoms with van der Waals surface area (Å²) in [5.41, 5.74) is 0. The fraction of sp³-hybridized carbons (Fsp3) is 0. The molecule has 0 aliphatic carbocycles. The number of phosphoric acid groups is 1. The summed E-state index contributed by atoms with van der Waals surface area (Å²) >= 11 is 0. The maximum Gasteiger partial charge on any atom is 2.00 e. The molecule has 0 fully saturated rings. The van der Waals surface area contributed by atoms with Crippen LogP contribution in [-0.2, 0) is 4.57 Å². The summed E-state index contributed by atoms with van der Waals surface area (Å²) in [6, 6.07) is 2.63. The monoisotopic (exact) mass is 220 g/mol. The predicted octanol–water partition coefficient (Wildman–Crippen LogP) is -1.72. The van der Waals surface area contributed by atoms with Crippen molar-refractivity contribution in [3.8, 4) is 5.95 Å². The molecule has 0 bridgehead atoms. The third kappa shape index (κ3) is 6.02. The molecule has 8 heteroatoms. The zero-order chi connectivity index (χ0) is 7.61. The summed E-state index contributed by atoms with van der Waals surface area (Å²) in [4.78, 5) is 19.8. The largest absolute Gasteiger partial charge is 2.00 e. The molecule has 1 aromatic heterocycles. The Kier molecular flexibility index (Phi) is 7.46. The molecule has 12 heavy (non-hydrogen) atoms. The van der Waals surface area contributed by atoms with Crippen LogP contribution < -0.4 is 14.3 Å². The molecular weight excluding hydrogens is 215 g/mol. The van der Waals surface area contributed by atoms with Crippen molar-refractivity contribution in [3.63, 3.8) is 0 Å². The molecule has 0 aliphatic heterocycles. The van der Waals surface area contributed by atoms with Gasteiger partial charge in [-0.1, -0.05) is 0 Å². The zero-order valence-electron chi connectivity index (χ0n) is 5.93. The SMILES string of the molecule is O.O=P([O-])([O-])Oc1ccco1.[Ca+2]. The molecule has 2 N–H and O–H groups in total. The van der Waals surface area contributed by atoms with E-state index in [0.29, 0.717) is 0 Å². The maximum atomic E-state index is 9.89. The predicted molar refractivity (Wildman–Crippen MR) is 36.3 cm³/mol. The van der Waals surface area contributed by atoms with Gasteiger partial charge in [0.2, 0.25) is 0 Å². The minimum absolute atomic E-state index is 0. The summed E-state index contributed by atoms with van der Waals surface area (Å²) in [6.07, 6.45) is 1.20. The van der Waals surface area contributed by atoms with Gasteiger partial charge in [0, 0.05) is 6.07 Å². The van der Waals surface area contributed by atoms with E-state index >= 15 is 0 Å². The molecule has 64 valence electrons. The molecule has 0 saturated carbocycles. The summed E-state index contributed by atoms with van der Waals surface area (Å²) in [5, 5.41) is 0. The first kappa shape index (κ1) is 14.9. The molecule has 1 heterocycles. The Bertz CT molecular complexity index is 240. The minimum Gasteiger partial charge on any atom is -0.780 e. The van der Waals surface area contributed by atoms with Gasteiger partial charge in [0.05, 0.1) is 6.26 Å².